The molecule has 0 aliphatic carbocycles. The number of hydrogen-bond donors (Lipinski definition) is 0. The Bertz CT molecular complexity index is 270. The molecule has 1 aromatic carbocycles. The number of rotatable bonds is 0. The van der Waals surface area contributed by atoms with Crippen molar-refractivity contribution in [3.63, 3.8) is 0 Å². The van der Waals surface area contributed by atoms with Gasteiger partial charge in [0.25, 0.3) is 0 Å². The zero-order chi connectivity index (χ0) is 13.7. The number of ether oxygens (including phenoxy) is 2. The smallest absolute Gasteiger partial charge is 0.161 e. The highest BCUT2D eigenvalue weighted by atomic mass is 16.6. The monoisotopic (exact) mass is 240 g/mol. The van der Waals surface area contributed by atoms with E-state index in [1.54, 1.807) is 0 Å². The van der Waals surface area contributed by atoms with Crippen molar-refractivity contribution >= 4 is 0 Å². The van der Waals surface area contributed by atoms with E-state index in [2.05, 4.69) is 0 Å². The highest BCUT2D eigenvalue weighted by Crippen LogP contribution is 2.30. The van der Waals surface area contributed by atoms with Gasteiger partial charge in [-0.15, -0.1) is 0 Å². The fourth-order valence-electron chi connectivity index (χ4n) is 1.15. The van der Waals surface area contributed by atoms with Crippen molar-refractivity contribution < 1.29 is 9.47 Å². The fourth-order valence-corrected chi connectivity index (χ4v) is 1.15. The van der Waals surface area contributed by atoms with Crippen LogP contribution in [0.15, 0.2) is 18.2 Å². The van der Waals surface area contributed by atoms with Crippen LogP contribution in [0.5, 0.6) is 11.5 Å². The Morgan fingerprint density at radius 2 is 1.24 bits per heavy atom. The first kappa shape index (κ1) is 18.2. The predicted octanol–water partition coefficient (Wildman–Crippen LogP) is 4.84. The number of fused-ring (bicyclic) bond motifs is 1. The van der Waals surface area contributed by atoms with Crippen LogP contribution >= 0.6 is 0 Å². The standard InChI is InChI=1S/C9H10O2.3C2H6/c1-7-2-3-8-9(6-7)11-5-4-10-8;3*1-2/h2-3,6H,4-5H2,1H3;3*1-2H3. The van der Waals surface area contributed by atoms with Crippen LogP contribution in [-0.2, 0) is 0 Å². The molecule has 0 spiro atoms. The topological polar surface area (TPSA) is 18.5 Å². The van der Waals surface area contributed by atoms with E-state index in [1.807, 2.05) is 66.7 Å². The molecular formula is C15H28O2. The molecule has 2 rings (SSSR count). The van der Waals surface area contributed by atoms with Gasteiger partial charge >= 0.3 is 0 Å². The second-order valence-corrected chi connectivity index (χ2v) is 2.65. The van der Waals surface area contributed by atoms with Gasteiger partial charge in [-0.1, -0.05) is 47.6 Å². The molecule has 0 N–H and O–H groups in total. The number of aryl methyl sites for hydroxylation is 1. The lowest BCUT2D eigenvalue weighted by molar-refractivity contribution is 0.171. The summed E-state index contributed by atoms with van der Waals surface area (Å²) in [6.07, 6.45) is 0. The average molecular weight is 240 g/mol. The van der Waals surface area contributed by atoms with Gasteiger partial charge in [-0.3, -0.25) is 0 Å². The molecule has 0 bridgehead atoms. The second-order valence-electron chi connectivity index (χ2n) is 2.65. The van der Waals surface area contributed by atoms with E-state index < -0.39 is 0 Å². The number of hydrogen-bond acceptors (Lipinski definition) is 2. The first-order chi connectivity index (χ1) is 8.36. The van der Waals surface area contributed by atoms with Crippen molar-refractivity contribution in [2.24, 2.45) is 0 Å². The summed E-state index contributed by atoms with van der Waals surface area (Å²) in [7, 11) is 0. The van der Waals surface area contributed by atoms with E-state index in [-0.39, 0.29) is 0 Å². The Morgan fingerprint density at radius 1 is 0.765 bits per heavy atom. The van der Waals surface area contributed by atoms with E-state index >= 15 is 0 Å². The molecule has 0 radical (unpaired) electrons. The minimum absolute atomic E-state index is 0.663. The minimum atomic E-state index is 0.663. The first-order valence-corrected chi connectivity index (χ1v) is 6.72. The van der Waals surface area contributed by atoms with E-state index in [0.29, 0.717) is 13.2 Å². The van der Waals surface area contributed by atoms with Gasteiger partial charge in [0.15, 0.2) is 11.5 Å². The van der Waals surface area contributed by atoms with Crippen LogP contribution < -0.4 is 9.47 Å². The van der Waals surface area contributed by atoms with Gasteiger partial charge in [0.05, 0.1) is 0 Å². The number of benzene rings is 1. The van der Waals surface area contributed by atoms with Crippen molar-refractivity contribution in [3.8, 4) is 11.5 Å². The maximum atomic E-state index is 5.38. The van der Waals surface area contributed by atoms with Crippen molar-refractivity contribution in [1.29, 1.82) is 0 Å². The first-order valence-electron chi connectivity index (χ1n) is 6.72. The van der Waals surface area contributed by atoms with Crippen LogP contribution in [0.4, 0.5) is 0 Å². The maximum Gasteiger partial charge on any atom is 0.161 e. The minimum Gasteiger partial charge on any atom is -0.486 e. The molecule has 2 nitrogen and oxygen atoms in total. The summed E-state index contributed by atoms with van der Waals surface area (Å²) in [6, 6.07) is 5.96. The van der Waals surface area contributed by atoms with E-state index in [1.165, 1.54) is 5.56 Å². The highest BCUT2D eigenvalue weighted by Gasteiger charge is 2.09. The normalized spacial score (nSPS) is 10.5. The molecule has 1 heterocycles. The van der Waals surface area contributed by atoms with E-state index in [9.17, 15) is 0 Å². The molecule has 1 aromatic rings. The molecule has 0 unspecified atom stereocenters. The third kappa shape index (κ3) is 6.88. The molecule has 0 saturated carbocycles. The van der Waals surface area contributed by atoms with Gasteiger partial charge in [0.1, 0.15) is 13.2 Å². The Morgan fingerprint density at radius 3 is 1.76 bits per heavy atom. The maximum absolute atomic E-state index is 5.38. The summed E-state index contributed by atoms with van der Waals surface area (Å²) >= 11 is 0. The SMILES string of the molecule is CC.CC.CC.Cc1ccc2c(c1)OCCO2. The lowest BCUT2D eigenvalue weighted by Crippen LogP contribution is -2.15. The van der Waals surface area contributed by atoms with Gasteiger partial charge < -0.3 is 9.47 Å². The third-order valence-corrected chi connectivity index (χ3v) is 1.70. The molecule has 0 aromatic heterocycles. The molecule has 0 fully saturated rings. The summed E-state index contributed by atoms with van der Waals surface area (Å²) in [5, 5.41) is 0. The van der Waals surface area contributed by atoms with Crippen LogP contribution in [-0.4, -0.2) is 13.2 Å². The zero-order valence-electron chi connectivity index (χ0n) is 12.5. The molecule has 0 amide bonds. The third-order valence-electron chi connectivity index (χ3n) is 1.70. The van der Waals surface area contributed by atoms with Crippen LogP contribution in [0.25, 0.3) is 0 Å². The van der Waals surface area contributed by atoms with Gasteiger partial charge in [0, 0.05) is 0 Å². The quantitative estimate of drug-likeness (QED) is 0.645. The molecule has 0 saturated heterocycles. The lowest BCUT2D eigenvalue weighted by Gasteiger charge is -2.18. The summed E-state index contributed by atoms with van der Waals surface area (Å²) in [4.78, 5) is 0. The van der Waals surface area contributed by atoms with E-state index in [4.69, 9.17) is 9.47 Å². The lowest BCUT2D eigenvalue weighted by atomic mass is 10.2. The van der Waals surface area contributed by atoms with Crippen LogP contribution in [0.1, 0.15) is 47.1 Å². The van der Waals surface area contributed by atoms with Crippen LogP contribution in [0.3, 0.4) is 0 Å². The van der Waals surface area contributed by atoms with Gasteiger partial charge in [0.2, 0.25) is 0 Å². The average Bonchev–Trinajstić information content (AvgIpc) is 2.45. The Labute approximate surface area is 107 Å². The van der Waals surface area contributed by atoms with Crippen molar-refractivity contribution in [2.75, 3.05) is 13.2 Å². The van der Waals surface area contributed by atoms with Gasteiger partial charge in [-0.25, -0.2) is 0 Å². The van der Waals surface area contributed by atoms with Gasteiger partial charge in [-0.2, -0.15) is 0 Å². The Kier molecular flexibility index (Phi) is 13.8. The summed E-state index contributed by atoms with van der Waals surface area (Å²) < 4.78 is 10.7. The summed E-state index contributed by atoms with van der Waals surface area (Å²) in [6.45, 7) is 15.4. The van der Waals surface area contributed by atoms with Crippen molar-refractivity contribution in [3.05, 3.63) is 23.8 Å². The molecule has 2 heteroatoms. The molecule has 0 atom stereocenters. The molecular weight excluding hydrogens is 212 g/mol. The van der Waals surface area contributed by atoms with E-state index in [0.717, 1.165) is 11.5 Å². The Balaban J connectivity index is 0. The van der Waals surface area contributed by atoms with Crippen LogP contribution in [0.2, 0.25) is 0 Å². The predicted molar refractivity (Wildman–Crippen MR) is 76.2 cm³/mol. The Hall–Kier alpha value is -1.18. The van der Waals surface area contributed by atoms with Crippen LogP contribution in [0, 0.1) is 6.92 Å². The zero-order valence-corrected chi connectivity index (χ0v) is 12.5. The van der Waals surface area contributed by atoms with Crippen molar-refractivity contribution in [2.45, 2.75) is 48.5 Å². The summed E-state index contributed by atoms with van der Waals surface area (Å²) in [5.74, 6) is 1.73. The highest BCUT2D eigenvalue weighted by molar-refractivity contribution is 5.43. The summed E-state index contributed by atoms with van der Waals surface area (Å²) in [5.41, 5.74) is 1.20. The van der Waals surface area contributed by atoms with Crippen molar-refractivity contribution in [1.82, 2.24) is 0 Å². The molecule has 1 aliphatic rings. The molecule has 17 heavy (non-hydrogen) atoms. The second kappa shape index (κ2) is 12.9. The van der Waals surface area contributed by atoms with Gasteiger partial charge in [-0.05, 0) is 24.6 Å². The molecule has 100 valence electrons. The molecule has 1 aliphatic heterocycles. The largest absolute Gasteiger partial charge is 0.486 e. The fraction of sp³-hybridized carbons (Fsp3) is 0.600.